The number of hydrogen-bond donors (Lipinski definition) is 1. The number of carboxylic acid groups (broad SMARTS) is 1. The predicted octanol–water partition coefficient (Wildman–Crippen LogP) is 1.92. The van der Waals surface area contributed by atoms with E-state index in [0.717, 1.165) is 0 Å². The van der Waals surface area contributed by atoms with Crippen LogP contribution in [0.4, 0.5) is 5.69 Å². The lowest BCUT2D eigenvalue weighted by atomic mass is 9.68. The van der Waals surface area contributed by atoms with Crippen molar-refractivity contribution in [2.75, 3.05) is 4.90 Å². The minimum Gasteiger partial charge on any atom is -0.481 e. The minimum absolute atomic E-state index is 0.0377. The molecule has 2 aliphatic rings. The van der Waals surface area contributed by atoms with Crippen molar-refractivity contribution < 1.29 is 19.5 Å². The number of hydrogen-bond acceptors (Lipinski definition) is 3. The molecule has 0 aromatic heterocycles. The summed E-state index contributed by atoms with van der Waals surface area (Å²) >= 11 is 0. The molecule has 0 bridgehead atoms. The molecule has 0 unspecified atom stereocenters. The highest BCUT2D eigenvalue weighted by atomic mass is 16.4. The average Bonchev–Trinajstić information content (AvgIpc) is 2.73. The zero-order chi connectivity index (χ0) is 15.1. The molecule has 3 rings (SSSR count). The van der Waals surface area contributed by atoms with Gasteiger partial charge in [-0.05, 0) is 30.9 Å². The first-order chi connectivity index (χ1) is 10.0. The number of rotatable bonds is 2. The van der Waals surface area contributed by atoms with Crippen LogP contribution in [-0.4, -0.2) is 22.9 Å². The van der Waals surface area contributed by atoms with E-state index in [2.05, 4.69) is 0 Å². The fraction of sp³-hybridized carbons (Fsp3) is 0.438. The number of carbonyl (C=O) groups excluding carboxylic acids is 2. The normalized spacial score (nSPS) is 32.1. The molecule has 1 aliphatic heterocycles. The lowest BCUT2D eigenvalue weighted by Crippen LogP contribution is -2.39. The lowest BCUT2D eigenvalue weighted by Gasteiger charge is -2.32. The van der Waals surface area contributed by atoms with Crippen LogP contribution >= 0.6 is 0 Å². The molecule has 1 aromatic rings. The van der Waals surface area contributed by atoms with Gasteiger partial charge < -0.3 is 5.11 Å². The van der Waals surface area contributed by atoms with Crippen molar-refractivity contribution in [1.29, 1.82) is 0 Å². The van der Waals surface area contributed by atoms with Gasteiger partial charge in [-0.2, -0.15) is 0 Å². The second-order valence-electron chi connectivity index (χ2n) is 5.90. The summed E-state index contributed by atoms with van der Waals surface area (Å²) in [5, 5.41) is 9.35. The SMILES string of the molecule is C[C@@H]1CC[C@H](C(=O)O)[C@@H]2C(=O)N(c3ccccc3)C(=O)[C@@H]21. The van der Waals surface area contributed by atoms with Gasteiger partial charge in [0.05, 0.1) is 23.4 Å². The Bertz CT molecular complexity index is 598. The van der Waals surface area contributed by atoms with Crippen LogP contribution in [0, 0.1) is 23.7 Å². The zero-order valence-corrected chi connectivity index (χ0v) is 11.7. The molecule has 0 radical (unpaired) electrons. The highest BCUT2D eigenvalue weighted by molar-refractivity contribution is 6.22. The van der Waals surface area contributed by atoms with E-state index >= 15 is 0 Å². The largest absolute Gasteiger partial charge is 0.481 e. The summed E-state index contributed by atoms with van der Waals surface area (Å²) in [4.78, 5) is 37.9. The van der Waals surface area contributed by atoms with Crippen molar-refractivity contribution in [2.24, 2.45) is 23.7 Å². The highest BCUT2D eigenvalue weighted by Gasteiger charge is 2.56. The number of imide groups is 1. The van der Waals surface area contributed by atoms with Gasteiger partial charge in [-0.25, -0.2) is 0 Å². The fourth-order valence-electron chi connectivity index (χ4n) is 3.64. The molecule has 1 saturated carbocycles. The molecule has 5 heteroatoms. The van der Waals surface area contributed by atoms with Gasteiger partial charge >= 0.3 is 5.97 Å². The van der Waals surface area contributed by atoms with Gasteiger partial charge in [-0.1, -0.05) is 25.1 Å². The standard InChI is InChI=1S/C16H17NO4/c1-9-7-8-11(16(20)21)13-12(9)14(18)17(15(13)19)10-5-3-2-4-6-10/h2-6,9,11-13H,7-8H2,1H3,(H,20,21)/t9-,11+,12-,13+/m1/s1. The van der Waals surface area contributed by atoms with E-state index in [-0.39, 0.29) is 17.7 Å². The van der Waals surface area contributed by atoms with E-state index in [1.165, 1.54) is 4.90 Å². The Balaban J connectivity index is 2.02. The number of amides is 2. The Morgan fingerprint density at radius 2 is 1.71 bits per heavy atom. The number of carboxylic acids is 1. The van der Waals surface area contributed by atoms with E-state index in [1.807, 2.05) is 13.0 Å². The molecule has 1 N–H and O–H groups in total. The van der Waals surface area contributed by atoms with Crippen LogP contribution < -0.4 is 4.90 Å². The summed E-state index contributed by atoms with van der Waals surface area (Å²) in [6.07, 6.45) is 1.12. The zero-order valence-electron chi connectivity index (χ0n) is 11.7. The molecule has 2 amide bonds. The highest BCUT2D eigenvalue weighted by Crippen LogP contribution is 2.46. The number of aliphatic carboxylic acids is 1. The second kappa shape index (κ2) is 4.98. The van der Waals surface area contributed by atoms with E-state index < -0.39 is 23.7 Å². The minimum atomic E-state index is -0.979. The summed E-state index contributed by atoms with van der Waals surface area (Å²) in [6, 6.07) is 8.73. The van der Waals surface area contributed by atoms with Crippen LogP contribution in [0.15, 0.2) is 30.3 Å². The first-order valence-electron chi connectivity index (χ1n) is 7.18. The summed E-state index contributed by atoms with van der Waals surface area (Å²) in [6.45, 7) is 1.93. The van der Waals surface area contributed by atoms with Crippen molar-refractivity contribution >= 4 is 23.5 Å². The Hall–Kier alpha value is -2.17. The van der Waals surface area contributed by atoms with Gasteiger partial charge in [-0.15, -0.1) is 0 Å². The molecule has 1 saturated heterocycles. The van der Waals surface area contributed by atoms with Crippen LogP contribution in [0.1, 0.15) is 19.8 Å². The van der Waals surface area contributed by atoms with E-state index in [9.17, 15) is 19.5 Å². The lowest BCUT2D eigenvalue weighted by molar-refractivity contribution is -0.149. The molecule has 110 valence electrons. The molecule has 1 heterocycles. The summed E-state index contributed by atoms with van der Waals surface area (Å²) in [5.74, 6) is -3.55. The Labute approximate surface area is 122 Å². The first kappa shape index (κ1) is 13.8. The van der Waals surface area contributed by atoms with Crippen molar-refractivity contribution in [3.63, 3.8) is 0 Å². The Kier molecular flexibility index (Phi) is 3.27. The average molecular weight is 287 g/mol. The van der Waals surface area contributed by atoms with Gasteiger partial charge in [0.25, 0.3) is 0 Å². The molecule has 21 heavy (non-hydrogen) atoms. The number of benzene rings is 1. The molecular weight excluding hydrogens is 270 g/mol. The van der Waals surface area contributed by atoms with Crippen LogP contribution in [0.2, 0.25) is 0 Å². The number of anilines is 1. The molecule has 0 spiro atoms. The summed E-state index contributed by atoms with van der Waals surface area (Å²) < 4.78 is 0. The van der Waals surface area contributed by atoms with Crippen LogP contribution in [0.3, 0.4) is 0 Å². The number of nitrogens with zero attached hydrogens (tertiary/aromatic N) is 1. The number of carbonyl (C=O) groups is 3. The molecule has 4 atom stereocenters. The van der Waals surface area contributed by atoms with E-state index in [4.69, 9.17) is 0 Å². The van der Waals surface area contributed by atoms with Gasteiger partial charge in [0, 0.05) is 0 Å². The van der Waals surface area contributed by atoms with Crippen LogP contribution in [-0.2, 0) is 14.4 Å². The van der Waals surface area contributed by atoms with E-state index in [1.54, 1.807) is 24.3 Å². The number of fused-ring (bicyclic) bond motifs is 1. The van der Waals surface area contributed by atoms with Gasteiger partial charge in [-0.3, -0.25) is 19.3 Å². The quantitative estimate of drug-likeness (QED) is 0.843. The summed E-state index contributed by atoms with van der Waals surface area (Å²) in [7, 11) is 0. The third kappa shape index (κ3) is 2.04. The van der Waals surface area contributed by atoms with Gasteiger partial charge in [0.2, 0.25) is 11.8 Å². The second-order valence-corrected chi connectivity index (χ2v) is 5.90. The molecule has 5 nitrogen and oxygen atoms in total. The molecule has 1 aliphatic carbocycles. The van der Waals surface area contributed by atoms with Gasteiger partial charge in [0.15, 0.2) is 0 Å². The Morgan fingerprint density at radius 3 is 2.33 bits per heavy atom. The Morgan fingerprint density at radius 1 is 1.10 bits per heavy atom. The molecule has 2 fully saturated rings. The van der Waals surface area contributed by atoms with Crippen molar-refractivity contribution in [3.05, 3.63) is 30.3 Å². The monoisotopic (exact) mass is 287 g/mol. The van der Waals surface area contributed by atoms with Crippen LogP contribution in [0.25, 0.3) is 0 Å². The number of para-hydroxylation sites is 1. The van der Waals surface area contributed by atoms with Crippen molar-refractivity contribution in [3.8, 4) is 0 Å². The predicted molar refractivity (Wildman–Crippen MR) is 75.4 cm³/mol. The fourth-order valence-corrected chi connectivity index (χ4v) is 3.64. The third-order valence-corrected chi connectivity index (χ3v) is 4.71. The van der Waals surface area contributed by atoms with E-state index in [0.29, 0.717) is 18.5 Å². The van der Waals surface area contributed by atoms with Crippen molar-refractivity contribution in [2.45, 2.75) is 19.8 Å². The molecule has 1 aromatic carbocycles. The molecular formula is C16H17NO4. The van der Waals surface area contributed by atoms with Crippen molar-refractivity contribution in [1.82, 2.24) is 0 Å². The van der Waals surface area contributed by atoms with Gasteiger partial charge in [0.1, 0.15) is 0 Å². The first-order valence-corrected chi connectivity index (χ1v) is 7.18. The maximum Gasteiger partial charge on any atom is 0.307 e. The third-order valence-electron chi connectivity index (χ3n) is 4.71. The maximum atomic E-state index is 12.7. The maximum absolute atomic E-state index is 12.7. The van der Waals surface area contributed by atoms with Crippen LogP contribution in [0.5, 0.6) is 0 Å². The smallest absolute Gasteiger partial charge is 0.307 e. The summed E-state index contributed by atoms with van der Waals surface area (Å²) in [5.41, 5.74) is 0.526. The topological polar surface area (TPSA) is 74.7 Å².